The fraction of sp³-hybridized carbons (Fsp3) is 0.350. The molecule has 0 radical (unpaired) electrons. The van der Waals surface area contributed by atoms with E-state index in [-0.39, 0.29) is 17.7 Å². The average molecular weight is 357 g/mol. The van der Waals surface area contributed by atoms with Crippen LogP contribution in [-0.2, 0) is 9.53 Å². The number of morpholine rings is 1. The van der Waals surface area contributed by atoms with Gasteiger partial charge in [0, 0.05) is 24.0 Å². The molecule has 1 saturated heterocycles. The number of para-hydroxylation sites is 2. The number of carbonyl (C=O) groups is 1. The first kappa shape index (κ1) is 16.4. The van der Waals surface area contributed by atoms with Gasteiger partial charge in [-0.05, 0) is 36.1 Å². The van der Waals surface area contributed by atoms with Gasteiger partial charge in [-0.2, -0.15) is 0 Å². The quantitative estimate of drug-likeness (QED) is 0.902. The molecule has 2 fully saturated rings. The van der Waals surface area contributed by atoms with Crippen LogP contribution in [0.4, 0.5) is 11.4 Å². The zero-order valence-corrected chi connectivity index (χ0v) is 14.7. The first-order valence-corrected chi connectivity index (χ1v) is 9.09. The number of benzene rings is 2. The summed E-state index contributed by atoms with van der Waals surface area (Å²) in [5.74, 6) is 0.299. The van der Waals surface area contributed by atoms with Crippen molar-refractivity contribution in [3.05, 3.63) is 59.1 Å². The number of ether oxygens (including phenoxy) is 1. The van der Waals surface area contributed by atoms with Crippen molar-refractivity contribution < 1.29 is 9.53 Å². The molecule has 2 aromatic rings. The molecule has 0 aromatic heterocycles. The maximum atomic E-state index is 12.7. The van der Waals surface area contributed by atoms with Gasteiger partial charge < -0.3 is 15.0 Å². The van der Waals surface area contributed by atoms with E-state index >= 15 is 0 Å². The van der Waals surface area contributed by atoms with Crippen molar-refractivity contribution >= 4 is 28.9 Å². The Morgan fingerprint density at radius 1 is 1.08 bits per heavy atom. The highest BCUT2D eigenvalue weighted by atomic mass is 35.5. The molecule has 1 aliphatic heterocycles. The van der Waals surface area contributed by atoms with Crippen LogP contribution in [0.2, 0.25) is 5.02 Å². The number of halogens is 1. The van der Waals surface area contributed by atoms with E-state index in [4.69, 9.17) is 16.3 Å². The van der Waals surface area contributed by atoms with E-state index in [1.54, 1.807) is 0 Å². The van der Waals surface area contributed by atoms with Crippen molar-refractivity contribution in [3.8, 4) is 0 Å². The predicted molar refractivity (Wildman–Crippen MR) is 100 cm³/mol. The van der Waals surface area contributed by atoms with E-state index in [1.165, 1.54) is 0 Å². The van der Waals surface area contributed by atoms with E-state index < -0.39 is 0 Å². The second kappa shape index (κ2) is 7.06. The monoisotopic (exact) mass is 356 g/mol. The normalized spacial score (nSPS) is 22.5. The van der Waals surface area contributed by atoms with Crippen LogP contribution in [0.1, 0.15) is 17.9 Å². The topological polar surface area (TPSA) is 41.6 Å². The Balaban J connectivity index is 1.46. The van der Waals surface area contributed by atoms with Gasteiger partial charge in [-0.1, -0.05) is 41.9 Å². The van der Waals surface area contributed by atoms with Gasteiger partial charge in [-0.15, -0.1) is 0 Å². The lowest BCUT2D eigenvalue weighted by atomic mass is 10.1. The maximum absolute atomic E-state index is 12.7. The van der Waals surface area contributed by atoms with E-state index in [0.29, 0.717) is 0 Å². The van der Waals surface area contributed by atoms with Crippen LogP contribution in [0.15, 0.2) is 48.5 Å². The number of carbonyl (C=O) groups excluding carboxylic acids is 1. The number of amides is 1. The van der Waals surface area contributed by atoms with Crippen LogP contribution in [0.25, 0.3) is 0 Å². The van der Waals surface area contributed by atoms with Gasteiger partial charge in [0.05, 0.1) is 24.6 Å². The molecule has 1 N–H and O–H groups in total. The van der Waals surface area contributed by atoms with Crippen molar-refractivity contribution in [1.29, 1.82) is 0 Å². The second-order valence-electron chi connectivity index (χ2n) is 6.58. The highest BCUT2D eigenvalue weighted by Crippen LogP contribution is 2.50. The molecule has 2 aromatic carbocycles. The SMILES string of the molecule is O=C(Nc1ccccc1N1CCOCC1)C1CC1c1ccccc1Cl. The number of hydrogen-bond donors (Lipinski definition) is 1. The average Bonchev–Trinajstić information content (AvgIpc) is 3.44. The lowest BCUT2D eigenvalue weighted by Gasteiger charge is -2.30. The van der Waals surface area contributed by atoms with E-state index in [1.807, 2.05) is 42.5 Å². The third kappa shape index (κ3) is 3.51. The molecule has 1 saturated carbocycles. The zero-order valence-electron chi connectivity index (χ0n) is 14.0. The Kier molecular flexibility index (Phi) is 4.64. The highest BCUT2D eigenvalue weighted by Gasteiger charge is 2.44. The van der Waals surface area contributed by atoms with Crippen molar-refractivity contribution in [3.63, 3.8) is 0 Å². The summed E-state index contributed by atoms with van der Waals surface area (Å²) in [5.41, 5.74) is 3.01. The molecular formula is C20H21ClN2O2. The van der Waals surface area contributed by atoms with Gasteiger partial charge in [-0.25, -0.2) is 0 Å². The van der Waals surface area contributed by atoms with Gasteiger partial charge in [0.15, 0.2) is 0 Å². The largest absolute Gasteiger partial charge is 0.378 e. The molecule has 2 unspecified atom stereocenters. The van der Waals surface area contributed by atoms with Crippen LogP contribution >= 0.6 is 11.6 Å². The third-order valence-corrected chi connectivity index (χ3v) is 5.29. The summed E-state index contributed by atoms with van der Waals surface area (Å²) in [6, 6.07) is 15.8. The van der Waals surface area contributed by atoms with Gasteiger partial charge in [0.25, 0.3) is 0 Å². The summed E-state index contributed by atoms with van der Waals surface area (Å²) < 4.78 is 5.42. The standard InChI is InChI=1S/C20H21ClN2O2/c21-17-6-2-1-5-14(17)15-13-16(15)20(24)22-18-7-3-4-8-19(18)23-9-11-25-12-10-23/h1-8,15-16H,9-13H2,(H,22,24). The van der Waals surface area contributed by atoms with Gasteiger partial charge in [-0.3, -0.25) is 4.79 Å². The van der Waals surface area contributed by atoms with Crippen molar-refractivity contribution in [2.45, 2.75) is 12.3 Å². The fourth-order valence-corrected chi connectivity index (χ4v) is 3.76. The molecule has 1 amide bonds. The first-order valence-electron chi connectivity index (χ1n) is 8.71. The van der Waals surface area contributed by atoms with E-state index in [9.17, 15) is 4.79 Å². The molecular weight excluding hydrogens is 336 g/mol. The minimum absolute atomic E-state index is 0.00218. The minimum atomic E-state index is -0.00218. The number of nitrogens with zero attached hydrogens (tertiary/aromatic N) is 1. The number of anilines is 2. The molecule has 2 aliphatic rings. The first-order chi connectivity index (χ1) is 12.2. The van der Waals surface area contributed by atoms with Crippen LogP contribution in [-0.4, -0.2) is 32.2 Å². The summed E-state index contributed by atoms with van der Waals surface area (Å²) in [5, 5.41) is 3.87. The number of rotatable bonds is 4. The summed E-state index contributed by atoms with van der Waals surface area (Å²) in [4.78, 5) is 15.0. The molecule has 4 rings (SSSR count). The summed E-state index contributed by atoms with van der Waals surface area (Å²) in [6.07, 6.45) is 0.856. The maximum Gasteiger partial charge on any atom is 0.228 e. The summed E-state index contributed by atoms with van der Waals surface area (Å²) >= 11 is 6.27. The Hall–Kier alpha value is -2.04. The van der Waals surface area contributed by atoms with E-state index in [0.717, 1.165) is 54.7 Å². The van der Waals surface area contributed by atoms with Gasteiger partial charge >= 0.3 is 0 Å². The van der Waals surface area contributed by atoms with Crippen molar-refractivity contribution in [1.82, 2.24) is 0 Å². The molecule has 0 spiro atoms. The molecule has 1 aliphatic carbocycles. The van der Waals surface area contributed by atoms with Crippen LogP contribution in [0, 0.1) is 5.92 Å². The van der Waals surface area contributed by atoms with Crippen molar-refractivity contribution in [2.24, 2.45) is 5.92 Å². The summed E-state index contributed by atoms with van der Waals surface area (Å²) in [6.45, 7) is 3.14. The molecule has 4 nitrogen and oxygen atoms in total. The molecule has 130 valence electrons. The molecule has 0 bridgehead atoms. The van der Waals surface area contributed by atoms with E-state index in [2.05, 4.69) is 16.3 Å². The number of nitrogens with one attached hydrogen (secondary N) is 1. The minimum Gasteiger partial charge on any atom is -0.378 e. The number of hydrogen-bond acceptors (Lipinski definition) is 3. The third-order valence-electron chi connectivity index (χ3n) is 4.95. The summed E-state index contributed by atoms with van der Waals surface area (Å²) in [7, 11) is 0. The molecule has 1 heterocycles. The van der Waals surface area contributed by atoms with Crippen LogP contribution < -0.4 is 10.2 Å². The van der Waals surface area contributed by atoms with Crippen LogP contribution in [0.3, 0.4) is 0 Å². The lowest BCUT2D eigenvalue weighted by Crippen LogP contribution is -2.36. The predicted octanol–water partition coefficient (Wildman–Crippen LogP) is 3.92. The Labute approximate surface area is 152 Å². The highest BCUT2D eigenvalue weighted by molar-refractivity contribution is 6.31. The Bertz CT molecular complexity index is 774. The smallest absolute Gasteiger partial charge is 0.228 e. The molecule has 5 heteroatoms. The second-order valence-corrected chi connectivity index (χ2v) is 6.98. The Morgan fingerprint density at radius 2 is 1.80 bits per heavy atom. The van der Waals surface area contributed by atoms with Crippen LogP contribution in [0.5, 0.6) is 0 Å². The zero-order chi connectivity index (χ0) is 17.2. The van der Waals surface area contributed by atoms with Gasteiger partial charge in [0.2, 0.25) is 5.91 Å². The molecule has 25 heavy (non-hydrogen) atoms. The Morgan fingerprint density at radius 3 is 2.60 bits per heavy atom. The lowest BCUT2D eigenvalue weighted by molar-refractivity contribution is -0.117. The van der Waals surface area contributed by atoms with Crippen molar-refractivity contribution in [2.75, 3.05) is 36.5 Å². The fourth-order valence-electron chi connectivity index (χ4n) is 3.49. The van der Waals surface area contributed by atoms with Gasteiger partial charge in [0.1, 0.15) is 0 Å². The molecule has 2 atom stereocenters.